The van der Waals surface area contributed by atoms with Gasteiger partial charge in [0.05, 0.1) is 4.90 Å². The summed E-state index contributed by atoms with van der Waals surface area (Å²) in [6.45, 7) is 9.92. The Hall–Kier alpha value is -1.07. The van der Waals surface area contributed by atoms with Crippen LogP contribution in [0.15, 0.2) is 29.2 Å². The number of phenolic OH excluding ortho intramolecular Hbond substituents is 1. The van der Waals surface area contributed by atoms with E-state index in [4.69, 9.17) is 0 Å². The summed E-state index contributed by atoms with van der Waals surface area (Å²) in [5.74, 6) is -0.0588. The minimum absolute atomic E-state index is 0.0187. The molecule has 0 heterocycles. The zero-order chi connectivity index (χ0) is 14.9. The maximum Gasteiger partial charge on any atom is 0.241 e. The monoisotopic (exact) mass is 285 g/mol. The average Bonchev–Trinajstić information content (AvgIpc) is 2.11. The van der Waals surface area contributed by atoms with E-state index in [9.17, 15) is 13.5 Å². The molecule has 0 radical (unpaired) electrons. The normalized spacial score (nSPS) is 13.5. The van der Waals surface area contributed by atoms with E-state index in [-0.39, 0.29) is 16.1 Å². The number of aromatic hydroxyl groups is 1. The summed E-state index contributed by atoms with van der Waals surface area (Å²) in [4.78, 5) is 0.0782. The highest BCUT2D eigenvalue weighted by molar-refractivity contribution is 7.89. The van der Waals surface area contributed by atoms with E-state index >= 15 is 0 Å². The van der Waals surface area contributed by atoms with Crippen LogP contribution in [0.3, 0.4) is 0 Å². The van der Waals surface area contributed by atoms with Crippen molar-refractivity contribution in [2.45, 2.75) is 51.5 Å². The van der Waals surface area contributed by atoms with Crippen LogP contribution < -0.4 is 4.72 Å². The second-order valence-electron chi connectivity index (χ2n) is 6.72. The first-order valence-electron chi connectivity index (χ1n) is 6.24. The number of benzene rings is 1. The standard InChI is InChI=1S/C14H23NO3S/c1-13(2,3)10-14(4,5)15-19(17,18)12-8-6-7-11(16)9-12/h6-9,15-16H,10H2,1-5H3. The summed E-state index contributed by atoms with van der Waals surface area (Å²) in [5.41, 5.74) is -0.534. The number of hydrogen-bond donors (Lipinski definition) is 2. The summed E-state index contributed by atoms with van der Waals surface area (Å²) in [7, 11) is -3.62. The zero-order valence-corrected chi connectivity index (χ0v) is 13.0. The van der Waals surface area contributed by atoms with Crippen molar-refractivity contribution in [3.63, 3.8) is 0 Å². The Morgan fingerprint density at radius 2 is 1.74 bits per heavy atom. The molecule has 0 unspecified atom stereocenters. The quantitative estimate of drug-likeness (QED) is 0.894. The molecule has 1 aromatic rings. The predicted octanol–water partition coefficient (Wildman–Crippen LogP) is 2.89. The van der Waals surface area contributed by atoms with Gasteiger partial charge in [-0.3, -0.25) is 0 Å². The van der Waals surface area contributed by atoms with Crippen LogP contribution in [-0.4, -0.2) is 19.1 Å². The van der Waals surface area contributed by atoms with Crippen LogP contribution in [0.5, 0.6) is 5.75 Å². The van der Waals surface area contributed by atoms with Crippen LogP contribution in [0.4, 0.5) is 0 Å². The van der Waals surface area contributed by atoms with Gasteiger partial charge in [0.2, 0.25) is 10.0 Å². The van der Waals surface area contributed by atoms with Crippen molar-refractivity contribution in [2.24, 2.45) is 5.41 Å². The molecule has 1 aromatic carbocycles. The third-order valence-electron chi connectivity index (χ3n) is 2.51. The molecular weight excluding hydrogens is 262 g/mol. The van der Waals surface area contributed by atoms with Gasteiger partial charge in [-0.2, -0.15) is 0 Å². The molecule has 0 spiro atoms. The van der Waals surface area contributed by atoms with E-state index in [2.05, 4.69) is 25.5 Å². The van der Waals surface area contributed by atoms with Gasteiger partial charge in [-0.15, -0.1) is 0 Å². The number of nitrogens with one attached hydrogen (secondary N) is 1. The lowest BCUT2D eigenvalue weighted by Gasteiger charge is -2.32. The summed E-state index contributed by atoms with van der Waals surface area (Å²) in [5, 5.41) is 9.37. The van der Waals surface area contributed by atoms with Gasteiger partial charge in [0, 0.05) is 5.54 Å². The molecule has 4 nitrogen and oxygen atoms in total. The fourth-order valence-electron chi connectivity index (χ4n) is 2.44. The molecule has 108 valence electrons. The molecule has 0 saturated heterocycles. The third-order valence-corrected chi connectivity index (χ3v) is 4.21. The van der Waals surface area contributed by atoms with E-state index in [0.717, 1.165) is 0 Å². The summed E-state index contributed by atoms with van der Waals surface area (Å²) >= 11 is 0. The number of rotatable bonds is 4. The molecule has 0 aliphatic carbocycles. The van der Waals surface area contributed by atoms with Crippen molar-refractivity contribution in [1.82, 2.24) is 4.72 Å². The molecule has 1 rings (SSSR count). The van der Waals surface area contributed by atoms with Crippen LogP contribution in [0, 0.1) is 5.41 Å². The largest absolute Gasteiger partial charge is 0.508 e. The second-order valence-corrected chi connectivity index (χ2v) is 8.41. The molecule has 0 saturated carbocycles. The van der Waals surface area contributed by atoms with Gasteiger partial charge < -0.3 is 5.11 Å². The first-order valence-corrected chi connectivity index (χ1v) is 7.73. The minimum atomic E-state index is -3.62. The van der Waals surface area contributed by atoms with E-state index in [0.29, 0.717) is 6.42 Å². The molecule has 0 fully saturated rings. The Labute approximate surface area is 115 Å². The number of sulfonamides is 1. The molecule has 5 heteroatoms. The Balaban J connectivity index is 2.97. The number of hydrogen-bond acceptors (Lipinski definition) is 3. The Kier molecular flexibility index (Phi) is 4.32. The van der Waals surface area contributed by atoms with Gasteiger partial charge >= 0.3 is 0 Å². The lowest BCUT2D eigenvalue weighted by atomic mass is 9.82. The molecule has 0 aliphatic heterocycles. The maximum atomic E-state index is 12.3. The van der Waals surface area contributed by atoms with E-state index in [1.807, 2.05) is 13.8 Å². The van der Waals surface area contributed by atoms with Gasteiger partial charge in [-0.1, -0.05) is 26.8 Å². The topological polar surface area (TPSA) is 66.4 Å². The van der Waals surface area contributed by atoms with Crippen molar-refractivity contribution in [3.8, 4) is 5.75 Å². The fraction of sp³-hybridized carbons (Fsp3) is 0.571. The van der Waals surface area contributed by atoms with Crippen molar-refractivity contribution in [3.05, 3.63) is 24.3 Å². The Morgan fingerprint density at radius 3 is 2.21 bits per heavy atom. The lowest BCUT2D eigenvalue weighted by Crippen LogP contribution is -2.45. The SMILES string of the molecule is CC(C)(C)CC(C)(C)NS(=O)(=O)c1cccc(O)c1. The van der Waals surface area contributed by atoms with Crippen molar-refractivity contribution >= 4 is 10.0 Å². The van der Waals surface area contributed by atoms with Crippen LogP contribution in [0.2, 0.25) is 0 Å². The third kappa shape index (κ3) is 5.20. The fourth-order valence-corrected chi connectivity index (χ4v) is 3.89. The van der Waals surface area contributed by atoms with Gasteiger partial charge in [0.1, 0.15) is 5.75 Å². The molecule has 0 atom stereocenters. The Bertz CT molecular complexity index is 542. The first-order chi connectivity index (χ1) is 8.41. The molecule has 0 aromatic heterocycles. The second kappa shape index (κ2) is 5.13. The van der Waals surface area contributed by atoms with Gasteiger partial charge in [0.25, 0.3) is 0 Å². The maximum absolute atomic E-state index is 12.3. The van der Waals surface area contributed by atoms with Crippen LogP contribution in [0.25, 0.3) is 0 Å². The highest BCUT2D eigenvalue weighted by Crippen LogP contribution is 2.28. The molecule has 0 bridgehead atoms. The van der Waals surface area contributed by atoms with E-state index < -0.39 is 15.6 Å². The van der Waals surface area contributed by atoms with Crippen molar-refractivity contribution < 1.29 is 13.5 Å². The summed E-state index contributed by atoms with van der Waals surface area (Å²) in [6.07, 6.45) is 0.706. The first kappa shape index (κ1) is 16.0. The van der Waals surface area contributed by atoms with Gasteiger partial charge in [-0.25, -0.2) is 13.1 Å². The summed E-state index contributed by atoms with van der Waals surface area (Å²) in [6, 6.07) is 5.67. The van der Waals surface area contributed by atoms with Gasteiger partial charge in [0.15, 0.2) is 0 Å². The zero-order valence-electron chi connectivity index (χ0n) is 12.2. The van der Waals surface area contributed by atoms with Crippen molar-refractivity contribution in [1.29, 1.82) is 0 Å². The highest BCUT2D eigenvalue weighted by Gasteiger charge is 2.30. The highest BCUT2D eigenvalue weighted by atomic mass is 32.2. The summed E-state index contributed by atoms with van der Waals surface area (Å²) < 4.78 is 27.2. The van der Waals surface area contributed by atoms with Crippen molar-refractivity contribution in [2.75, 3.05) is 0 Å². The Morgan fingerprint density at radius 1 is 1.16 bits per heavy atom. The van der Waals surface area contributed by atoms with E-state index in [1.165, 1.54) is 24.3 Å². The molecule has 19 heavy (non-hydrogen) atoms. The minimum Gasteiger partial charge on any atom is -0.508 e. The molecular formula is C14H23NO3S. The predicted molar refractivity (Wildman–Crippen MR) is 76.6 cm³/mol. The lowest BCUT2D eigenvalue weighted by molar-refractivity contribution is 0.269. The molecule has 2 N–H and O–H groups in total. The smallest absolute Gasteiger partial charge is 0.241 e. The van der Waals surface area contributed by atoms with E-state index in [1.54, 1.807) is 0 Å². The van der Waals surface area contributed by atoms with Gasteiger partial charge in [-0.05, 0) is 43.9 Å². The molecule has 0 aliphatic rings. The van der Waals surface area contributed by atoms with Crippen LogP contribution >= 0.6 is 0 Å². The molecule has 0 amide bonds. The average molecular weight is 285 g/mol. The number of phenols is 1. The van der Waals surface area contributed by atoms with Crippen LogP contribution in [-0.2, 0) is 10.0 Å². The van der Waals surface area contributed by atoms with Crippen LogP contribution in [0.1, 0.15) is 41.0 Å².